The summed E-state index contributed by atoms with van der Waals surface area (Å²) in [6, 6.07) is 15.6. The molecule has 176 valence electrons. The average Bonchev–Trinajstić information content (AvgIpc) is 2.84. The van der Waals surface area contributed by atoms with Gasteiger partial charge in [-0.3, -0.25) is 19.7 Å². The summed E-state index contributed by atoms with van der Waals surface area (Å²) in [6.45, 7) is 0.324. The molecule has 0 heterocycles. The van der Waals surface area contributed by atoms with Crippen LogP contribution in [0, 0.1) is 10.1 Å². The van der Waals surface area contributed by atoms with Crippen molar-refractivity contribution in [2.24, 2.45) is 0 Å². The standard InChI is InChI=1S/C24H22ClN3O6/c1-26-23(29)16-6-4-15(5-7-16)14-27(2)24(30)17-8-10-21(22(12-17)33-3)34-20-11-9-18(25)13-19(20)28(31)32/h4-13H,14H2,1-3H3,(H,26,29). The Morgan fingerprint density at radius 1 is 1.00 bits per heavy atom. The van der Waals surface area contributed by atoms with Crippen LogP contribution in [0.2, 0.25) is 5.02 Å². The van der Waals surface area contributed by atoms with Gasteiger partial charge in [-0.05, 0) is 48.0 Å². The van der Waals surface area contributed by atoms with Crippen molar-refractivity contribution in [3.63, 3.8) is 0 Å². The lowest BCUT2D eigenvalue weighted by molar-refractivity contribution is -0.385. The Bertz CT molecular complexity index is 1230. The van der Waals surface area contributed by atoms with E-state index in [0.29, 0.717) is 17.7 Å². The maximum absolute atomic E-state index is 13.0. The van der Waals surface area contributed by atoms with Gasteiger partial charge < -0.3 is 19.7 Å². The van der Waals surface area contributed by atoms with Crippen molar-refractivity contribution >= 4 is 29.1 Å². The Kier molecular flexibility index (Phi) is 7.70. The molecular weight excluding hydrogens is 462 g/mol. The predicted molar refractivity (Wildman–Crippen MR) is 127 cm³/mol. The van der Waals surface area contributed by atoms with Gasteiger partial charge in [0, 0.05) is 42.9 Å². The summed E-state index contributed by atoms with van der Waals surface area (Å²) < 4.78 is 11.0. The van der Waals surface area contributed by atoms with E-state index >= 15 is 0 Å². The first-order valence-corrected chi connectivity index (χ1v) is 10.5. The van der Waals surface area contributed by atoms with Gasteiger partial charge in [0.1, 0.15) is 0 Å². The second-order valence-corrected chi connectivity index (χ2v) is 7.71. The second kappa shape index (κ2) is 10.7. The maximum atomic E-state index is 13.0. The number of halogens is 1. The Balaban J connectivity index is 1.77. The smallest absolute Gasteiger partial charge is 0.313 e. The fraction of sp³-hybridized carbons (Fsp3) is 0.167. The number of carbonyl (C=O) groups excluding carboxylic acids is 2. The number of amides is 2. The molecule has 0 unspecified atom stereocenters. The molecule has 0 bridgehead atoms. The van der Waals surface area contributed by atoms with Crippen molar-refractivity contribution in [2.45, 2.75) is 6.54 Å². The molecule has 3 aromatic carbocycles. The topological polar surface area (TPSA) is 111 Å². The number of nitro groups is 1. The number of nitro benzene ring substituents is 1. The molecule has 34 heavy (non-hydrogen) atoms. The normalized spacial score (nSPS) is 10.4. The number of rotatable bonds is 8. The van der Waals surface area contributed by atoms with Crippen LogP contribution >= 0.6 is 11.6 Å². The van der Waals surface area contributed by atoms with Gasteiger partial charge in [-0.1, -0.05) is 23.7 Å². The fourth-order valence-corrected chi connectivity index (χ4v) is 3.36. The van der Waals surface area contributed by atoms with Crippen LogP contribution in [-0.4, -0.2) is 42.8 Å². The Labute approximate surface area is 201 Å². The van der Waals surface area contributed by atoms with Gasteiger partial charge in [-0.25, -0.2) is 0 Å². The van der Waals surface area contributed by atoms with Gasteiger partial charge in [0.2, 0.25) is 5.75 Å². The third-order valence-electron chi connectivity index (χ3n) is 4.96. The maximum Gasteiger partial charge on any atom is 0.313 e. The lowest BCUT2D eigenvalue weighted by Crippen LogP contribution is -2.26. The quantitative estimate of drug-likeness (QED) is 0.368. The summed E-state index contributed by atoms with van der Waals surface area (Å²) in [5.41, 5.74) is 1.43. The van der Waals surface area contributed by atoms with Crippen molar-refractivity contribution in [1.82, 2.24) is 10.2 Å². The van der Waals surface area contributed by atoms with E-state index in [4.69, 9.17) is 21.1 Å². The number of hydrogen-bond donors (Lipinski definition) is 1. The summed E-state index contributed by atoms with van der Waals surface area (Å²) in [7, 11) is 4.62. The van der Waals surface area contributed by atoms with Crippen molar-refractivity contribution in [1.29, 1.82) is 0 Å². The zero-order valence-electron chi connectivity index (χ0n) is 18.7. The third kappa shape index (κ3) is 5.62. The molecule has 0 aromatic heterocycles. The molecule has 0 atom stereocenters. The summed E-state index contributed by atoms with van der Waals surface area (Å²) >= 11 is 5.85. The van der Waals surface area contributed by atoms with Crippen LogP contribution < -0.4 is 14.8 Å². The summed E-state index contributed by atoms with van der Waals surface area (Å²) in [5.74, 6) is -0.0218. The number of hydrogen-bond acceptors (Lipinski definition) is 6. The number of carbonyl (C=O) groups is 2. The summed E-state index contributed by atoms with van der Waals surface area (Å²) in [6.07, 6.45) is 0. The monoisotopic (exact) mass is 483 g/mol. The van der Waals surface area contributed by atoms with Gasteiger partial charge in [-0.2, -0.15) is 0 Å². The van der Waals surface area contributed by atoms with Crippen LogP contribution in [0.15, 0.2) is 60.7 Å². The number of methoxy groups -OCH3 is 1. The second-order valence-electron chi connectivity index (χ2n) is 7.27. The minimum atomic E-state index is -0.595. The Hall–Kier alpha value is -4.11. The van der Waals surface area contributed by atoms with E-state index in [9.17, 15) is 19.7 Å². The molecule has 0 spiro atoms. The van der Waals surface area contributed by atoms with Crippen LogP contribution in [0.25, 0.3) is 0 Å². The first kappa shape index (κ1) is 24.5. The first-order valence-electron chi connectivity index (χ1n) is 10.1. The molecule has 3 rings (SSSR count). The zero-order valence-corrected chi connectivity index (χ0v) is 19.5. The Morgan fingerprint density at radius 3 is 2.26 bits per heavy atom. The van der Waals surface area contributed by atoms with E-state index in [0.717, 1.165) is 5.56 Å². The number of nitrogens with zero attached hydrogens (tertiary/aromatic N) is 2. The fourth-order valence-electron chi connectivity index (χ4n) is 3.19. The molecule has 0 aliphatic heterocycles. The molecule has 0 saturated carbocycles. The lowest BCUT2D eigenvalue weighted by atomic mass is 10.1. The molecule has 3 aromatic rings. The van der Waals surface area contributed by atoms with Crippen LogP contribution in [0.3, 0.4) is 0 Å². The van der Waals surface area contributed by atoms with Gasteiger partial charge in [0.25, 0.3) is 11.8 Å². The van der Waals surface area contributed by atoms with E-state index in [2.05, 4.69) is 5.32 Å². The van der Waals surface area contributed by atoms with Crippen molar-refractivity contribution in [3.05, 3.63) is 92.5 Å². The van der Waals surface area contributed by atoms with Gasteiger partial charge in [0.05, 0.1) is 12.0 Å². The largest absolute Gasteiger partial charge is 0.493 e. The van der Waals surface area contributed by atoms with Crippen LogP contribution in [0.1, 0.15) is 26.3 Å². The minimum Gasteiger partial charge on any atom is -0.493 e. The zero-order chi connectivity index (χ0) is 24.8. The molecule has 2 amide bonds. The predicted octanol–water partition coefficient (Wildman–Crippen LogP) is 4.68. The first-order chi connectivity index (χ1) is 16.2. The molecule has 0 saturated heterocycles. The number of ether oxygens (including phenoxy) is 2. The molecule has 1 N–H and O–H groups in total. The van der Waals surface area contributed by atoms with Crippen molar-refractivity contribution in [3.8, 4) is 17.2 Å². The SMILES string of the molecule is CNC(=O)c1ccc(CN(C)C(=O)c2ccc(Oc3ccc(Cl)cc3[N+](=O)[O-])c(OC)c2)cc1. The number of benzene rings is 3. The van der Waals surface area contributed by atoms with E-state index in [1.165, 1.54) is 42.3 Å². The molecule has 9 nitrogen and oxygen atoms in total. The summed E-state index contributed by atoms with van der Waals surface area (Å²) in [4.78, 5) is 36.9. The van der Waals surface area contributed by atoms with E-state index in [-0.39, 0.29) is 39.8 Å². The van der Waals surface area contributed by atoms with Crippen molar-refractivity contribution in [2.75, 3.05) is 21.2 Å². The minimum absolute atomic E-state index is 0.0101. The molecule has 0 aliphatic rings. The third-order valence-corrected chi connectivity index (χ3v) is 5.19. The molecule has 0 radical (unpaired) electrons. The van der Waals surface area contributed by atoms with Crippen LogP contribution in [0.4, 0.5) is 5.69 Å². The molecule has 0 fully saturated rings. The summed E-state index contributed by atoms with van der Waals surface area (Å²) in [5, 5.41) is 14.1. The van der Waals surface area contributed by atoms with Gasteiger partial charge >= 0.3 is 5.69 Å². The van der Waals surface area contributed by atoms with E-state index in [1.807, 2.05) is 0 Å². The van der Waals surface area contributed by atoms with E-state index in [1.54, 1.807) is 44.4 Å². The van der Waals surface area contributed by atoms with Crippen LogP contribution in [-0.2, 0) is 6.54 Å². The molecule has 10 heteroatoms. The number of nitrogens with one attached hydrogen (secondary N) is 1. The van der Waals surface area contributed by atoms with Crippen LogP contribution in [0.5, 0.6) is 17.2 Å². The highest BCUT2D eigenvalue weighted by Crippen LogP contribution is 2.38. The van der Waals surface area contributed by atoms with Gasteiger partial charge in [0.15, 0.2) is 11.5 Å². The Morgan fingerprint density at radius 2 is 1.65 bits per heavy atom. The van der Waals surface area contributed by atoms with E-state index < -0.39 is 4.92 Å². The van der Waals surface area contributed by atoms with Crippen molar-refractivity contribution < 1.29 is 24.0 Å². The highest BCUT2D eigenvalue weighted by atomic mass is 35.5. The lowest BCUT2D eigenvalue weighted by Gasteiger charge is -2.19. The van der Waals surface area contributed by atoms with Gasteiger partial charge in [-0.15, -0.1) is 0 Å². The molecule has 0 aliphatic carbocycles. The highest BCUT2D eigenvalue weighted by molar-refractivity contribution is 6.30. The highest BCUT2D eigenvalue weighted by Gasteiger charge is 2.20. The molecular formula is C24H22ClN3O6. The average molecular weight is 484 g/mol.